The molecule has 0 heterocycles. The highest BCUT2D eigenvalue weighted by Crippen LogP contribution is 2.59. The van der Waals surface area contributed by atoms with Crippen molar-refractivity contribution in [1.82, 2.24) is 0 Å². The third kappa shape index (κ3) is 2.09. The van der Waals surface area contributed by atoms with Gasteiger partial charge < -0.3 is 0 Å². The van der Waals surface area contributed by atoms with Gasteiger partial charge in [0.1, 0.15) is 0 Å². The monoisotopic (exact) mass is 250 g/mol. The van der Waals surface area contributed by atoms with Crippen LogP contribution in [0.5, 0.6) is 0 Å². The van der Waals surface area contributed by atoms with Crippen molar-refractivity contribution < 1.29 is 0 Å². The highest BCUT2D eigenvalue weighted by molar-refractivity contribution is 7.39. The van der Waals surface area contributed by atoms with Crippen LogP contribution < -0.4 is 0 Å². The van der Waals surface area contributed by atoms with Crippen molar-refractivity contribution in [2.75, 3.05) is 0 Å². The van der Waals surface area contributed by atoms with Gasteiger partial charge in [-0.3, -0.25) is 0 Å². The Balaban J connectivity index is 1.43. The molecule has 0 aromatic carbocycles. The summed E-state index contributed by atoms with van der Waals surface area (Å²) in [5.74, 6) is 4.72. The van der Waals surface area contributed by atoms with Crippen LogP contribution >= 0.6 is 8.58 Å². The molecule has 5 rings (SSSR count). The Morgan fingerprint density at radius 3 is 1.82 bits per heavy atom. The van der Waals surface area contributed by atoms with E-state index in [-0.39, 0.29) is 0 Å². The topological polar surface area (TPSA) is 0 Å². The van der Waals surface area contributed by atoms with Gasteiger partial charge >= 0.3 is 0 Å². The molecule has 0 spiro atoms. The fourth-order valence-corrected chi connectivity index (χ4v) is 8.11. The van der Waals surface area contributed by atoms with Crippen LogP contribution in [0.25, 0.3) is 0 Å². The average molecular weight is 250 g/mol. The van der Waals surface area contributed by atoms with Crippen molar-refractivity contribution in [3.63, 3.8) is 0 Å². The standard InChI is InChI=1S/C16H27P/c1-2-4-15(5-3-1)17-16-13-7-11-6-12(9-13)10-14(16)8-11/h11-17H,1-10H2. The molecule has 0 radical (unpaired) electrons. The quantitative estimate of drug-likeness (QED) is 0.616. The molecule has 0 N–H and O–H groups in total. The van der Waals surface area contributed by atoms with Crippen LogP contribution in [-0.4, -0.2) is 11.3 Å². The Bertz CT molecular complexity index is 251. The Kier molecular flexibility index (Phi) is 2.99. The van der Waals surface area contributed by atoms with Gasteiger partial charge in [0.15, 0.2) is 0 Å². The molecule has 0 saturated heterocycles. The molecule has 17 heavy (non-hydrogen) atoms. The van der Waals surface area contributed by atoms with Crippen molar-refractivity contribution in [3.05, 3.63) is 0 Å². The second-order valence-electron chi connectivity index (χ2n) is 7.46. The van der Waals surface area contributed by atoms with Crippen molar-refractivity contribution in [2.45, 2.75) is 75.5 Å². The summed E-state index contributed by atoms with van der Waals surface area (Å²) in [4.78, 5) is 0. The van der Waals surface area contributed by atoms with Gasteiger partial charge in [0.2, 0.25) is 0 Å². The lowest BCUT2D eigenvalue weighted by atomic mass is 9.56. The zero-order valence-electron chi connectivity index (χ0n) is 11.0. The summed E-state index contributed by atoms with van der Waals surface area (Å²) < 4.78 is 0. The van der Waals surface area contributed by atoms with E-state index in [1.54, 1.807) is 57.8 Å². The highest BCUT2D eigenvalue weighted by Gasteiger charge is 2.48. The molecule has 0 aromatic rings. The normalized spacial score (nSPS) is 50.5. The lowest BCUT2D eigenvalue weighted by molar-refractivity contribution is 0.0253. The molecular weight excluding hydrogens is 223 g/mol. The lowest BCUT2D eigenvalue weighted by Crippen LogP contribution is -2.46. The van der Waals surface area contributed by atoms with Crippen LogP contribution in [0.1, 0.15) is 64.2 Å². The summed E-state index contributed by atoms with van der Waals surface area (Å²) in [7, 11) is 1.36. The first-order valence-corrected chi connectivity index (χ1v) is 9.30. The Morgan fingerprint density at radius 2 is 1.24 bits per heavy atom. The third-order valence-electron chi connectivity index (χ3n) is 6.26. The van der Waals surface area contributed by atoms with E-state index in [1.807, 2.05) is 0 Å². The van der Waals surface area contributed by atoms with Gasteiger partial charge in [-0.2, -0.15) is 0 Å². The van der Waals surface area contributed by atoms with Gasteiger partial charge in [-0.1, -0.05) is 19.3 Å². The summed E-state index contributed by atoms with van der Waals surface area (Å²) in [6.45, 7) is 0. The summed E-state index contributed by atoms with van der Waals surface area (Å²) in [6, 6.07) is 0. The van der Waals surface area contributed by atoms with E-state index in [0.717, 1.165) is 5.66 Å². The average Bonchev–Trinajstić information content (AvgIpc) is 2.34. The van der Waals surface area contributed by atoms with E-state index in [1.165, 1.54) is 44.3 Å². The van der Waals surface area contributed by atoms with Gasteiger partial charge in [0.25, 0.3) is 0 Å². The van der Waals surface area contributed by atoms with E-state index < -0.39 is 0 Å². The second kappa shape index (κ2) is 4.52. The molecule has 0 aromatic heterocycles. The molecule has 5 fully saturated rings. The van der Waals surface area contributed by atoms with Crippen molar-refractivity contribution in [3.8, 4) is 0 Å². The summed E-state index contributed by atoms with van der Waals surface area (Å²) in [6.07, 6.45) is 16.0. The first-order chi connectivity index (χ1) is 8.38. The minimum absolute atomic E-state index is 1.16. The molecule has 96 valence electrons. The van der Waals surface area contributed by atoms with Crippen molar-refractivity contribution >= 4 is 8.58 Å². The molecule has 5 aliphatic carbocycles. The maximum absolute atomic E-state index is 1.64. The molecular formula is C16H27P. The van der Waals surface area contributed by atoms with E-state index in [0.29, 0.717) is 0 Å². The fourth-order valence-electron chi connectivity index (χ4n) is 5.74. The van der Waals surface area contributed by atoms with E-state index in [9.17, 15) is 0 Å². The predicted octanol–water partition coefficient (Wildman–Crippen LogP) is 4.82. The Labute approximate surface area is 108 Å². The first kappa shape index (κ1) is 11.3. The molecule has 0 amide bonds. The van der Waals surface area contributed by atoms with Gasteiger partial charge in [0.05, 0.1) is 0 Å². The highest BCUT2D eigenvalue weighted by atomic mass is 31.1. The molecule has 5 saturated carbocycles. The number of hydrogen-bond donors (Lipinski definition) is 0. The Hall–Kier alpha value is 0.430. The summed E-state index contributed by atoms with van der Waals surface area (Å²) in [5.41, 5.74) is 2.36. The minimum Gasteiger partial charge on any atom is -0.115 e. The van der Waals surface area contributed by atoms with Crippen molar-refractivity contribution in [1.29, 1.82) is 0 Å². The molecule has 1 heteroatoms. The summed E-state index contributed by atoms with van der Waals surface area (Å²) >= 11 is 0. The molecule has 0 aliphatic heterocycles. The zero-order chi connectivity index (χ0) is 11.2. The van der Waals surface area contributed by atoms with Crippen molar-refractivity contribution in [2.24, 2.45) is 23.7 Å². The number of hydrogen-bond acceptors (Lipinski definition) is 0. The third-order valence-corrected chi connectivity index (χ3v) is 8.64. The van der Waals surface area contributed by atoms with E-state index >= 15 is 0 Å². The van der Waals surface area contributed by atoms with Gasteiger partial charge in [-0.15, -0.1) is 8.58 Å². The molecule has 5 aliphatic rings. The fraction of sp³-hybridized carbons (Fsp3) is 1.00. The van der Waals surface area contributed by atoms with Gasteiger partial charge in [-0.25, -0.2) is 0 Å². The summed E-state index contributed by atoms with van der Waals surface area (Å²) in [5, 5.41) is 0. The second-order valence-corrected chi connectivity index (χ2v) is 9.27. The van der Waals surface area contributed by atoms with Crippen LogP contribution in [0.15, 0.2) is 0 Å². The van der Waals surface area contributed by atoms with E-state index in [4.69, 9.17) is 0 Å². The maximum Gasteiger partial charge on any atom is -0.0177 e. The molecule has 0 nitrogen and oxygen atoms in total. The lowest BCUT2D eigenvalue weighted by Gasteiger charge is -2.55. The first-order valence-electron chi connectivity index (χ1n) is 8.14. The van der Waals surface area contributed by atoms with Gasteiger partial charge in [-0.05, 0) is 79.9 Å². The zero-order valence-corrected chi connectivity index (χ0v) is 12.0. The molecule has 4 bridgehead atoms. The predicted molar refractivity (Wildman–Crippen MR) is 76.0 cm³/mol. The van der Waals surface area contributed by atoms with Crippen LogP contribution in [0.4, 0.5) is 0 Å². The Morgan fingerprint density at radius 1 is 0.647 bits per heavy atom. The molecule has 1 atom stereocenters. The smallest absolute Gasteiger partial charge is 0.0177 e. The number of rotatable bonds is 2. The van der Waals surface area contributed by atoms with Crippen LogP contribution in [0.2, 0.25) is 0 Å². The van der Waals surface area contributed by atoms with Crippen LogP contribution in [-0.2, 0) is 0 Å². The molecule has 1 unspecified atom stereocenters. The maximum atomic E-state index is 1.64. The minimum atomic E-state index is 1.16. The SMILES string of the molecule is C1CCC(PC2C3CC4CC(C3)CC2C4)CC1. The van der Waals surface area contributed by atoms with E-state index in [2.05, 4.69) is 0 Å². The van der Waals surface area contributed by atoms with Gasteiger partial charge in [0, 0.05) is 0 Å². The van der Waals surface area contributed by atoms with Crippen LogP contribution in [0.3, 0.4) is 0 Å². The largest absolute Gasteiger partial charge is 0.115 e. The van der Waals surface area contributed by atoms with Crippen LogP contribution in [0, 0.1) is 23.7 Å².